The Morgan fingerprint density at radius 3 is 1.85 bits per heavy atom. The molecule has 1 aromatic carbocycles. The normalized spacial score (nSPS) is 14.2. The van der Waals surface area contributed by atoms with Crippen molar-refractivity contribution in [3.05, 3.63) is 35.9 Å². The van der Waals surface area contributed by atoms with Gasteiger partial charge in [-0.05, 0) is 12.8 Å². The van der Waals surface area contributed by atoms with Gasteiger partial charge in [0.2, 0.25) is 0 Å². The smallest absolute Gasteiger partial charge is 0.270 e. The van der Waals surface area contributed by atoms with Crippen molar-refractivity contribution in [2.75, 3.05) is 25.9 Å². The van der Waals surface area contributed by atoms with Crippen LogP contribution in [0.15, 0.2) is 30.3 Å². The van der Waals surface area contributed by atoms with Crippen LogP contribution in [-0.4, -0.2) is 43.3 Å². The van der Waals surface area contributed by atoms with Gasteiger partial charge in [-0.25, -0.2) is 0 Å². The summed E-state index contributed by atoms with van der Waals surface area (Å²) in [6.45, 7) is 4.44. The molecule has 0 heterocycles. The van der Waals surface area contributed by atoms with E-state index in [2.05, 4.69) is 26.1 Å². The molecule has 0 radical (unpaired) electrons. The van der Waals surface area contributed by atoms with E-state index in [-0.39, 0.29) is 5.75 Å². The van der Waals surface area contributed by atoms with Gasteiger partial charge in [0.15, 0.2) is 0 Å². The lowest BCUT2D eigenvalue weighted by atomic mass is 10.1. The van der Waals surface area contributed by atoms with Gasteiger partial charge in [0, 0.05) is 5.56 Å². The monoisotopic (exact) mass is 398 g/mol. The molecule has 0 aliphatic heterocycles. The molecule has 1 rings (SSSR count). The lowest BCUT2D eigenvalue weighted by Crippen LogP contribution is -2.47. The Morgan fingerprint density at radius 1 is 0.815 bits per heavy atom. The number of rotatable bonds is 16. The highest BCUT2D eigenvalue weighted by Crippen LogP contribution is 2.16. The molecular weight excluding hydrogens is 358 g/mol. The molecule has 0 saturated carbocycles. The van der Waals surface area contributed by atoms with Crippen molar-refractivity contribution in [3.63, 3.8) is 0 Å². The molecule has 0 aliphatic rings. The summed E-state index contributed by atoms with van der Waals surface area (Å²) in [5.41, 5.74) is 1.21. The molecule has 0 saturated heterocycles. The second kappa shape index (κ2) is 13.3. The Kier molecular flexibility index (Phi) is 11.9. The van der Waals surface area contributed by atoms with Gasteiger partial charge in [-0.3, -0.25) is 4.55 Å². The van der Waals surface area contributed by atoms with E-state index in [0.717, 1.165) is 19.5 Å². The van der Waals surface area contributed by atoms with Crippen molar-refractivity contribution < 1.29 is 17.5 Å². The van der Waals surface area contributed by atoms with Gasteiger partial charge in [-0.1, -0.05) is 88.6 Å². The van der Waals surface area contributed by atoms with Crippen LogP contribution in [0.2, 0.25) is 0 Å². The second-order valence-electron chi connectivity index (χ2n) is 8.18. The highest BCUT2D eigenvalue weighted by molar-refractivity contribution is 7.85. The summed E-state index contributed by atoms with van der Waals surface area (Å²) in [4.78, 5) is 0. The summed E-state index contributed by atoms with van der Waals surface area (Å²) in [5, 5.41) is 0. The van der Waals surface area contributed by atoms with Crippen LogP contribution in [-0.2, 0) is 16.7 Å². The highest BCUT2D eigenvalue weighted by atomic mass is 32.2. The van der Waals surface area contributed by atoms with Crippen LogP contribution < -0.4 is 0 Å². The zero-order valence-electron chi connectivity index (χ0n) is 17.4. The van der Waals surface area contributed by atoms with Crippen LogP contribution >= 0.6 is 0 Å². The third-order valence-electron chi connectivity index (χ3n) is 5.35. The van der Waals surface area contributed by atoms with Crippen molar-refractivity contribution in [2.24, 2.45) is 0 Å². The van der Waals surface area contributed by atoms with Gasteiger partial charge in [0.1, 0.15) is 12.3 Å². The fourth-order valence-corrected chi connectivity index (χ4v) is 4.28. The Bertz CT molecular complexity index is 589. The molecule has 1 atom stereocenters. The first-order valence-corrected chi connectivity index (χ1v) is 12.3. The lowest BCUT2D eigenvalue weighted by Gasteiger charge is -2.34. The maximum Gasteiger partial charge on any atom is 0.270 e. The van der Waals surface area contributed by atoms with E-state index in [1.54, 1.807) is 0 Å². The summed E-state index contributed by atoms with van der Waals surface area (Å²) in [5.74, 6) is -0.173. The Balaban J connectivity index is 2.34. The Hall–Kier alpha value is -0.910. The second-order valence-corrected chi connectivity index (χ2v) is 9.75. The molecule has 4 nitrogen and oxygen atoms in total. The van der Waals surface area contributed by atoms with Crippen molar-refractivity contribution >= 4 is 10.1 Å². The maximum atomic E-state index is 11.2. The number of hydrogen-bond acceptors (Lipinski definition) is 2. The van der Waals surface area contributed by atoms with Crippen LogP contribution in [0, 0.1) is 0 Å². The van der Waals surface area contributed by atoms with Crippen molar-refractivity contribution in [2.45, 2.75) is 77.7 Å². The zero-order valence-corrected chi connectivity index (χ0v) is 18.2. The van der Waals surface area contributed by atoms with E-state index in [0.29, 0.717) is 11.0 Å². The lowest BCUT2D eigenvalue weighted by molar-refractivity contribution is -0.920. The fraction of sp³-hybridized carbons (Fsp3) is 0.727. The van der Waals surface area contributed by atoms with E-state index in [4.69, 9.17) is 4.55 Å². The predicted molar refractivity (Wildman–Crippen MR) is 114 cm³/mol. The van der Waals surface area contributed by atoms with Crippen LogP contribution in [0.25, 0.3) is 0 Å². The minimum atomic E-state index is -3.92. The van der Waals surface area contributed by atoms with Gasteiger partial charge in [0.25, 0.3) is 10.1 Å². The third-order valence-corrected chi connectivity index (χ3v) is 6.05. The largest absolute Gasteiger partial charge is 0.321 e. The number of hydrogen-bond donors (Lipinski definition) is 1. The van der Waals surface area contributed by atoms with Crippen LogP contribution in [0.3, 0.4) is 0 Å². The standard InChI is InChI=1S/C22H39NO3S/c1-3-4-5-6-7-8-9-10-11-15-18-23(2,19-20-27(24,25)26)21-22-16-13-12-14-17-22/h12-14,16-17H,3-11,15,18-21H2,1-2H3/p+1. The highest BCUT2D eigenvalue weighted by Gasteiger charge is 2.24. The SMILES string of the molecule is CCCCCCCCCCCC[N+](C)(CCS(=O)(=O)O)Cc1ccccc1. The molecule has 0 aromatic heterocycles. The van der Waals surface area contributed by atoms with Crippen LogP contribution in [0.1, 0.15) is 76.7 Å². The van der Waals surface area contributed by atoms with Gasteiger partial charge in [-0.2, -0.15) is 8.42 Å². The minimum absolute atomic E-state index is 0.173. The van der Waals surface area contributed by atoms with E-state index < -0.39 is 10.1 Å². The van der Waals surface area contributed by atoms with E-state index >= 15 is 0 Å². The number of unbranched alkanes of at least 4 members (excludes halogenated alkanes) is 9. The van der Waals surface area contributed by atoms with Crippen LogP contribution in [0.5, 0.6) is 0 Å². The van der Waals surface area contributed by atoms with Gasteiger partial charge < -0.3 is 4.48 Å². The molecule has 1 unspecified atom stereocenters. The molecule has 1 aromatic rings. The average Bonchev–Trinajstić information content (AvgIpc) is 2.62. The summed E-state index contributed by atoms with van der Waals surface area (Å²) in [6.07, 6.45) is 13.0. The average molecular weight is 399 g/mol. The Labute approximate surface area is 167 Å². The molecule has 0 fully saturated rings. The summed E-state index contributed by atoms with van der Waals surface area (Å²) >= 11 is 0. The molecule has 0 bridgehead atoms. The summed E-state index contributed by atoms with van der Waals surface area (Å²) in [7, 11) is -1.81. The molecule has 1 N–H and O–H groups in total. The number of quaternary nitrogens is 1. The molecule has 27 heavy (non-hydrogen) atoms. The molecule has 0 spiro atoms. The minimum Gasteiger partial charge on any atom is -0.321 e. The van der Waals surface area contributed by atoms with Gasteiger partial charge in [-0.15, -0.1) is 0 Å². The van der Waals surface area contributed by atoms with E-state index in [1.807, 2.05) is 18.2 Å². The first-order valence-electron chi connectivity index (χ1n) is 10.7. The molecule has 5 heteroatoms. The zero-order chi connectivity index (χ0) is 20.0. The van der Waals surface area contributed by atoms with Gasteiger partial charge in [0.05, 0.1) is 20.1 Å². The molecule has 0 aliphatic carbocycles. The summed E-state index contributed by atoms with van der Waals surface area (Å²) in [6, 6.07) is 10.2. The van der Waals surface area contributed by atoms with Crippen molar-refractivity contribution in [1.29, 1.82) is 0 Å². The predicted octanol–water partition coefficient (Wildman–Crippen LogP) is 5.44. The van der Waals surface area contributed by atoms with Crippen LogP contribution in [0.4, 0.5) is 0 Å². The Morgan fingerprint density at radius 2 is 1.33 bits per heavy atom. The topological polar surface area (TPSA) is 54.4 Å². The first-order chi connectivity index (χ1) is 12.8. The van der Waals surface area contributed by atoms with E-state index in [9.17, 15) is 8.42 Å². The van der Waals surface area contributed by atoms with Gasteiger partial charge >= 0.3 is 0 Å². The maximum absolute atomic E-state index is 11.2. The number of nitrogens with zero attached hydrogens (tertiary/aromatic N) is 1. The number of benzene rings is 1. The molecule has 0 amide bonds. The molecular formula is C22H40NO3S+. The fourth-order valence-electron chi connectivity index (χ4n) is 3.61. The van der Waals surface area contributed by atoms with Crippen molar-refractivity contribution in [3.8, 4) is 0 Å². The summed E-state index contributed by atoms with van der Waals surface area (Å²) < 4.78 is 32.2. The van der Waals surface area contributed by atoms with E-state index in [1.165, 1.54) is 63.4 Å². The first kappa shape index (κ1) is 24.1. The van der Waals surface area contributed by atoms with Crippen molar-refractivity contribution in [1.82, 2.24) is 0 Å². The third kappa shape index (κ3) is 13.0. The molecule has 156 valence electrons. The quantitative estimate of drug-likeness (QED) is 0.229.